The van der Waals surface area contributed by atoms with Gasteiger partial charge in [0.2, 0.25) is 0 Å². The van der Waals surface area contributed by atoms with Crippen LogP contribution in [-0.4, -0.2) is 26.5 Å². The Morgan fingerprint density at radius 3 is 2.65 bits per heavy atom. The van der Waals surface area contributed by atoms with Gasteiger partial charge in [0.25, 0.3) is 0 Å². The van der Waals surface area contributed by atoms with E-state index >= 15 is 0 Å². The lowest BCUT2D eigenvalue weighted by atomic mass is 9.98. The fraction of sp³-hybridized carbons (Fsp3) is 0.500. The van der Waals surface area contributed by atoms with Gasteiger partial charge < -0.3 is 10.1 Å². The van der Waals surface area contributed by atoms with E-state index in [1.807, 2.05) is 6.07 Å². The molecule has 0 saturated heterocycles. The maximum atomic E-state index is 11.6. The first-order valence-corrected chi connectivity index (χ1v) is 5.91. The molecule has 3 nitrogen and oxygen atoms in total. The van der Waals surface area contributed by atoms with Crippen LogP contribution in [0.15, 0.2) is 18.2 Å². The second kappa shape index (κ2) is 6.40. The zero-order valence-corrected chi connectivity index (χ0v) is 11.0. The van der Waals surface area contributed by atoms with Gasteiger partial charge in [0.15, 0.2) is 5.78 Å². The largest absolute Gasteiger partial charge is 0.496 e. The lowest BCUT2D eigenvalue weighted by Gasteiger charge is -2.12. The van der Waals surface area contributed by atoms with Crippen LogP contribution in [0, 0.1) is 0 Å². The number of methoxy groups -OCH3 is 1. The highest BCUT2D eigenvalue weighted by Crippen LogP contribution is 2.24. The van der Waals surface area contributed by atoms with Gasteiger partial charge in [-0.15, -0.1) is 0 Å². The molecule has 1 rings (SSSR count). The molecule has 1 aromatic carbocycles. The van der Waals surface area contributed by atoms with Gasteiger partial charge in [-0.1, -0.05) is 26.0 Å². The first-order chi connectivity index (χ1) is 8.08. The molecular formula is C14H21NO2. The number of ketones is 1. The van der Waals surface area contributed by atoms with Crippen LogP contribution in [0.5, 0.6) is 5.75 Å². The molecule has 0 aliphatic rings. The van der Waals surface area contributed by atoms with Gasteiger partial charge in [-0.25, -0.2) is 0 Å². The van der Waals surface area contributed by atoms with Crippen molar-refractivity contribution in [3.05, 3.63) is 29.3 Å². The Balaban J connectivity index is 2.93. The van der Waals surface area contributed by atoms with Crippen molar-refractivity contribution in [1.82, 2.24) is 5.32 Å². The predicted molar refractivity (Wildman–Crippen MR) is 69.7 cm³/mol. The molecule has 1 N–H and O–H groups in total. The molecular weight excluding hydrogens is 214 g/mol. The number of ether oxygens (including phenoxy) is 1. The normalized spacial score (nSPS) is 10.6. The van der Waals surface area contributed by atoms with Gasteiger partial charge >= 0.3 is 0 Å². The maximum absolute atomic E-state index is 11.6. The van der Waals surface area contributed by atoms with Crippen LogP contribution in [0.2, 0.25) is 0 Å². The van der Waals surface area contributed by atoms with Crippen LogP contribution in [0.3, 0.4) is 0 Å². The number of Topliss-reactive ketones (excluding diaryl/α,β-unsaturated/α-hetero) is 1. The minimum Gasteiger partial charge on any atom is -0.496 e. The van der Waals surface area contributed by atoms with Crippen LogP contribution < -0.4 is 10.1 Å². The SMILES string of the molecule is CNCC(=O)Cc1cc(C(C)C)ccc1OC. The summed E-state index contributed by atoms with van der Waals surface area (Å²) in [6.07, 6.45) is 0.421. The molecule has 3 heteroatoms. The molecule has 0 fully saturated rings. The number of benzene rings is 1. The Hall–Kier alpha value is -1.35. The zero-order valence-electron chi connectivity index (χ0n) is 11.0. The average molecular weight is 235 g/mol. The van der Waals surface area contributed by atoms with Crippen LogP contribution in [0.4, 0.5) is 0 Å². The number of carbonyl (C=O) groups excluding carboxylic acids is 1. The molecule has 0 heterocycles. The van der Waals surface area contributed by atoms with Crippen LogP contribution >= 0.6 is 0 Å². The Morgan fingerprint density at radius 1 is 1.41 bits per heavy atom. The third-order valence-electron chi connectivity index (χ3n) is 2.73. The summed E-state index contributed by atoms with van der Waals surface area (Å²) in [5, 5.41) is 2.87. The summed E-state index contributed by atoms with van der Waals surface area (Å²) in [4.78, 5) is 11.6. The smallest absolute Gasteiger partial charge is 0.151 e. The fourth-order valence-corrected chi connectivity index (χ4v) is 1.77. The zero-order chi connectivity index (χ0) is 12.8. The minimum absolute atomic E-state index is 0.173. The molecule has 0 bridgehead atoms. The first-order valence-electron chi connectivity index (χ1n) is 5.91. The van der Waals surface area contributed by atoms with Crippen molar-refractivity contribution < 1.29 is 9.53 Å². The molecule has 0 spiro atoms. The van der Waals surface area contributed by atoms with Crippen molar-refractivity contribution in [3.63, 3.8) is 0 Å². The Kier molecular flexibility index (Phi) is 5.16. The molecule has 0 saturated carbocycles. The highest BCUT2D eigenvalue weighted by molar-refractivity contribution is 5.83. The van der Waals surface area contributed by atoms with E-state index in [9.17, 15) is 4.79 Å². The standard InChI is InChI=1S/C14H21NO2/c1-10(2)11-5-6-14(17-4)12(7-11)8-13(16)9-15-3/h5-7,10,15H,8-9H2,1-4H3. The second-order valence-electron chi connectivity index (χ2n) is 4.47. The number of nitrogens with one attached hydrogen (secondary N) is 1. The number of rotatable bonds is 6. The summed E-state index contributed by atoms with van der Waals surface area (Å²) in [6, 6.07) is 6.06. The predicted octanol–water partition coefficient (Wildman–Crippen LogP) is 2.15. The van der Waals surface area contributed by atoms with Crippen molar-refractivity contribution in [2.24, 2.45) is 0 Å². The number of likely N-dealkylation sites (N-methyl/N-ethyl adjacent to an activating group) is 1. The second-order valence-corrected chi connectivity index (χ2v) is 4.47. The molecule has 0 radical (unpaired) electrons. The Labute approximate surface area is 103 Å². The van der Waals surface area contributed by atoms with E-state index in [0.717, 1.165) is 11.3 Å². The first kappa shape index (κ1) is 13.7. The average Bonchev–Trinajstić information content (AvgIpc) is 2.29. The quantitative estimate of drug-likeness (QED) is 0.821. The molecule has 1 aromatic rings. The number of hydrogen-bond acceptors (Lipinski definition) is 3. The van der Waals surface area contributed by atoms with E-state index in [1.165, 1.54) is 5.56 Å². The molecule has 17 heavy (non-hydrogen) atoms. The van der Waals surface area contributed by atoms with E-state index in [-0.39, 0.29) is 5.78 Å². The van der Waals surface area contributed by atoms with Gasteiger partial charge in [-0.05, 0) is 24.6 Å². The summed E-state index contributed by atoms with van der Waals surface area (Å²) in [6.45, 7) is 4.68. The van der Waals surface area contributed by atoms with Crippen LogP contribution in [-0.2, 0) is 11.2 Å². The van der Waals surface area contributed by atoms with Crippen molar-refractivity contribution in [2.75, 3.05) is 20.7 Å². The van der Waals surface area contributed by atoms with Gasteiger partial charge in [-0.3, -0.25) is 4.79 Å². The van der Waals surface area contributed by atoms with Crippen LogP contribution in [0.1, 0.15) is 30.9 Å². The van der Waals surface area contributed by atoms with Crippen molar-refractivity contribution >= 4 is 5.78 Å². The minimum atomic E-state index is 0.173. The number of carbonyl (C=O) groups is 1. The summed E-state index contributed by atoms with van der Waals surface area (Å²) in [5.74, 6) is 1.42. The Bertz CT molecular complexity index is 386. The molecule has 0 amide bonds. The summed E-state index contributed by atoms with van der Waals surface area (Å²) >= 11 is 0. The highest BCUT2D eigenvalue weighted by atomic mass is 16.5. The van der Waals surface area contributed by atoms with Gasteiger partial charge in [0.05, 0.1) is 13.7 Å². The van der Waals surface area contributed by atoms with E-state index in [0.29, 0.717) is 18.9 Å². The third kappa shape index (κ3) is 3.86. The molecule has 0 aliphatic carbocycles. The molecule has 0 atom stereocenters. The van der Waals surface area contributed by atoms with E-state index in [4.69, 9.17) is 4.74 Å². The molecule has 0 unspecified atom stereocenters. The van der Waals surface area contributed by atoms with E-state index < -0.39 is 0 Å². The molecule has 0 aliphatic heterocycles. The molecule has 0 aromatic heterocycles. The van der Waals surface area contributed by atoms with Gasteiger partial charge in [0, 0.05) is 12.0 Å². The lowest BCUT2D eigenvalue weighted by molar-refractivity contribution is -0.117. The van der Waals surface area contributed by atoms with Crippen molar-refractivity contribution in [3.8, 4) is 5.75 Å². The summed E-state index contributed by atoms with van der Waals surface area (Å²) < 4.78 is 5.29. The Morgan fingerprint density at radius 2 is 2.12 bits per heavy atom. The fourth-order valence-electron chi connectivity index (χ4n) is 1.77. The molecule has 94 valence electrons. The van der Waals surface area contributed by atoms with Crippen LogP contribution in [0.25, 0.3) is 0 Å². The summed E-state index contributed by atoms with van der Waals surface area (Å²) in [7, 11) is 3.41. The highest BCUT2D eigenvalue weighted by Gasteiger charge is 2.10. The van der Waals surface area contributed by atoms with E-state index in [1.54, 1.807) is 14.2 Å². The van der Waals surface area contributed by atoms with Crippen molar-refractivity contribution in [2.45, 2.75) is 26.2 Å². The topological polar surface area (TPSA) is 38.3 Å². The van der Waals surface area contributed by atoms with Crippen molar-refractivity contribution in [1.29, 1.82) is 0 Å². The lowest BCUT2D eigenvalue weighted by Crippen LogP contribution is -2.20. The van der Waals surface area contributed by atoms with E-state index in [2.05, 4.69) is 31.3 Å². The third-order valence-corrected chi connectivity index (χ3v) is 2.73. The maximum Gasteiger partial charge on any atom is 0.151 e. The summed E-state index contributed by atoms with van der Waals surface area (Å²) in [5.41, 5.74) is 2.21. The van der Waals surface area contributed by atoms with Gasteiger partial charge in [0.1, 0.15) is 5.75 Å². The number of hydrogen-bond donors (Lipinski definition) is 1. The monoisotopic (exact) mass is 235 g/mol. The van der Waals surface area contributed by atoms with Gasteiger partial charge in [-0.2, -0.15) is 0 Å².